The van der Waals surface area contributed by atoms with Crippen LogP contribution in [0.2, 0.25) is 0 Å². The number of oxime groups is 1. The Hall–Kier alpha value is -2.47. The van der Waals surface area contributed by atoms with E-state index in [4.69, 9.17) is 0 Å². The fourth-order valence-corrected chi connectivity index (χ4v) is 2.65. The van der Waals surface area contributed by atoms with Crippen LogP contribution in [0.5, 0.6) is 0 Å². The van der Waals surface area contributed by atoms with Crippen molar-refractivity contribution in [1.29, 1.82) is 0 Å². The molecule has 0 aliphatic heterocycles. The summed E-state index contributed by atoms with van der Waals surface area (Å²) in [7, 11) is -3.92. The number of nitrogens with zero attached hydrogens (tertiary/aromatic N) is 1. The smallest absolute Gasteiger partial charge is 0.294 e. The molecule has 0 aliphatic rings. The largest absolute Gasteiger partial charge is 0.358 e. The van der Waals surface area contributed by atoms with Gasteiger partial charge in [0.2, 0.25) is 0 Å². The lowest BCUT2D eigenvalue weighted by Gasteiger charge is -2.03. The molecule has 0 radical (unpaired) electrons. The number of carbonyl (C=O) groups is 1. The first-order chi connectivity index (χ1) is 11.0. The minimum Gasteiger partial charge on any atom is -0.294 e. The quantitative estimate of drug-likeness (QED) is 0.443. The minimum atomic E-state index is -3.92. The Bertz CT molecular complexity index is 784. The average molecular weight is 331 g/mol. The van der Waals surface area contributed by atoms with Gasteiger partial charge in [0.15, 0.2) is 5.78 Å². The Labute approximate surface area is 135 Å². The molecule has 0 heterocycles. The molecule has 0 bridgehead atoms. The molecule has 5 nitrogen and oxygen atoms in total. The molecular weight excluding hydrogens is 314 g/mol. The first kappa shape index (κ1) is 16.9. The molecule has 0 unspecified atom stereocenters. The molecule has 120 valence electrons. The number of Topliss-reactive ketones (excluding diaryl/α,β-unsaturated/α-hetero) is 1. The molecule has 0 spiro atoms. The van der Waals surface area contributed by atoms with E-state index in [1.54, 1.807) is 49.4 Å². The Balaban J connectivity index is 1.92. The fraction of sp³-hybridized carbons (Fsp3) is 0.176. The molecule has 2 aromatic carbocycles. The third-order valence-corrected chi connectivity index (χ3v) is 4.25. The number of carbonyl (C=O) groups excluding carboxylic acids is 1. The van der Waals surface area contributed by atoms with Gasteiger partial charge < -0.3 is 0 Å². The van der Waals surface area contributed by atoms with E-state index in [0.717, 1.165) is 0 Å². The summed E-state index contributed by atoms with van der Waals surface area (Å²) in [6.07, 6.45) is 0.576. The third kappa shape index (κ3) is 5.03. The summed E-state index contributed by atoms with van der Waals surface area (Å²) in [5.74, 6) is -0.0222. The van der Waals surface area contributed by atoms with Gasteiger partial charge in [0.05, 0.1) is 5.71 Å². The molecule has 6 heteroatoms. The van der Waals surface area contributed by atoms with Crippen molar-refractivity contribution >= 4 is 21.6 Å². The molecule has 0 aliphatic carbocycles. The van der Waals surface area contributed by atoms with Crippen LogP contribution in [0.15, 0.2) is 70.7 Å². The van der Waals surface area contributed by atoms with Crippen LogP contribution in [-0.4, -0.2) is 19.9 Å². The van der Waals surface area contributed by atoms with E-state index in [1.165, 1.54) is 12.1 Å². The first-order valence-corrected chi connectivity index (χ1v) is 8.50. The maximum Gasteiger partial charge on any atom is 0.358 e. The summed E-state index contributed by atoms with van der Waals surface area (Å²) in [6.45, 7) is 1.62. The van der Waals surface area contributed by atoms with Crippen molar-refractivity contribution in [3.05, 3.63) is 66.2 Å². The van der Waals surface area contributed by atoms with Crippen molar-refractivity contribution in [2.45, 2.75) is 24.7 Å². The van der Waals surface area contributed by atoms with E-state index in [9.17, 15) is 13.2 Å². The van der Waals surface area contributed by atoms with Crippen molar-refractivity contribution in [2.75, 3.05) is 0 Å². The number of rotatable bonds is 7. The molecule has 2 rings (SSSR count). The summed E-state index contributed by atoms with van der Waals surface area (Å²) < 4.78 is 28.5. The van der Waals surface area contributed by atoms with Crippen LogP contribution in [0.3, 0.4) is 0 Å². The number of benzene rings is 2. The summed E-state index contributed by atoms with van der Waals surface area (Å²) in [6, 6.07) is 16.7. The lowest BCUT2D eigenvalue weighted by Crippen LogP contribution is -2.06. The van der Waals surface area contributed by atoms with Gasteiger partial charge >= 0.3 is 10.1 Å². The van der Waals surface area contributed by atoms with Gasteiger partial charge in [0.1, 0.15) is 4.90 Å². The highest BCUT2D eigenvalue weighted by atomic mass is 32.2. The molecule has 0 fully saturated rings. The maximum absolute atomic E-state index is 12.0. The van der Waals surface area contributed by atoms with Crippen LogP contribution in [0.4, 0.5) is 0 Å². The van der Waals surface area contributed by atoms with Gasteiger partial charge in [0.25, 0.3) is 0 Å². The standard InChI is InChI=1S/C17H17NO4S/c1-14(12-13-17(19)15-8-4-2-5-9-15)18-22-23(20,21)16-10-6-3-7-11-16/h2-11H,12-13H2,1H3/b18-14+. The zero-order chi connectivity index (χ0) is 16.7. The third-order valence-electron chi connectivity index (χ3n) is 3.13. The molecule has 0 saturated carbocycles. The van der Waals surface area contributed by atoms with Crippen molar-refractivity contribution in [3.63, 3.8) is 0 Å². The summed E-state index contributed by atoms with van der Waals surface area (Å²) in [5.41, 5.74) is 1.06. The lowest BCUT2D eigenvalue weighted by molar-refractivity contribution is 0.0984. The van der Waals surface area contributed by atoms with Crippen molar-refractivity contribution in [2.24, 2.45) is 5.16 Å². The highest BCUT2D eigenvalue weighted by Gasteiger charge is 2.15. The highest BCUT2D eigenvalue weighted by molar-refractivity contribution is 7.86. The molecule has 2 aromatic rings. The first-order valence-electron chi connectivity index (χ1n) is 7.09. The minimum absolute atomic E-state index is 0.0222. The van der Waals surface area contributed by atoms with E-state index in [1.807, 2.05) is 6.07 Å². The fourth-order valence-electron chi connectivity index (χ4n) is 1.85. The van der Waals surface area contributed by atoms with E-state index < -0.39 is 10.1 Å². The number of hydrogen-bond donors (Lipinski definition) is 0. The topological polar surface area (TPSA) is 72.8 Å². The van der Waals surface area contributed by atoms with Crippen LogP contribution < -0.4 is 0 Å². The van der Waals surface area contributed by atoms with Gasteiger partial charge in [-0.05, 0) is 25.5 Å². The van der Waals surface area contributed by atoms with Gasteiger partial charge in [-0.15, -0.1) is 0 Å². The van der Waals surface area contributed by atoms with E-state index >= 15 is 0 Å². The van der Waals surface area contributed by atoms with Crippen molar-refractivity contribution in [3.8, 4) is 0 Å². The Kier molecular flexibility index (Phi) is 5.65. The molecule has 0 N–H and O–H groups in total. The SMILES string of the molecule is C/C(CCC(=O)c1ccccc1)=N\OS(=O)(=O)c1ccccc1. The van der Waals surface area contributed by atoms with Gasteiger partial charge in [-0.25, -0.2) is 0 Å². The second kappa shape index (κ2) is 7.69. The monoisotopic (exact) mass is 331 g/mol. The maximum atomic E-state index is 12.0. The zero-order valence-corrected chi connectivity index (χ0v) is 13.5. The van der Waals surface area contributed by atoms with Crippen LogP contribution in [0, 0.1) is 0 Å². The van der Waals surface area contributed by atoms with Gasteiger partial charge in [0, 0.05) is 12.0 Å². The van der Waals surface area contributed by atoms with Crippen LogP contribution in [0.25, 0.3) is 0 Å². The Morgan fingerprint density at radius 1 is 0.957 bits per heavy atom. The molecule has 0 saturated heterocycles. The van der Waals surface area contributed by atoms with Crippen LogP contribution in [-0.2, 0) is 14.4 Å². The highest BCUT2D eigenvalue weighted by Crippen LogP contribution is 2.12. The predicted molar refractivity (Wildman–Crippen MR) is 87.8 cm³/mol. The number of hydrogen-bond acceptors (Lipinski definition) is 5. The van der Waals surface area contributed by atoms with E-state index in [2.05, 4.69) is 9.44 Å². The summed E-state index contributed by atoms with van der Waals surface area (Å²) in [4.78, 5) is 12.0. The normalized spacial score (nSPS) is 12.0. The van der Waals surface area contributed by atoms with Gasteiger partial charge in [-0.1, -0.05) is 53.7 Å². The van der Waals surface area contributed by atoms with E-state index in [0.29, 0.717) is 17.7 Å². The molecule has 23 heavy (non-hydrogen) atoms. The molecule has 0 aromatic heterocycles. The van der Waals surface area contributed by atoms with Gasteiger partial charge in [-0.2, -0.15) is 8.42 Å². The Morgan fingerprint density at radius 3 is 2.13 bits per heavy atom. The molecule has 0 atom stereocenters. The second-order valence-corrected chi connectivity index (χ2v) is 6.49. The van der Waals surface area contributed by atoms with E-state index in [-0.39, 0.29) is 17.1 Å². The lowest BCUT2D eigenvalue weighted by atomic mass is 10.1. The average Bonchev–Trinajstić information content (AvgIpc) is 2.59. The second-order valence-electron chi connectivity index (χ2n) is 4.96. The zero-order valence-electron chi connectivity index (χ0n) is 12.7. The van der Waals surface area contributed by atoms with Crippen molar-refractivity contribution in [1.82, 2.24) is 0 Å². The Morgan fingerprint density at radius 2 is 1.52 bits per heavy atom. The van der Waals surface area contributed by atoms with Crippen LogP contribution >= 0.6 is 0 Å². The molecule has 0 amide bonds. The number of ketones is 1. The van der Waals surface area contributed by atoms with Crippen LogP contribution in [0.1, 0.15) is 30.1 Å². The molecular formula is C17H17NO4S. The summed E-state index contributed by atoms with van der Waals surface area (Å²) >= 11 is 0. The summed E-state index contributed by atoms with van der Waals surface area (Å²) in [5, 5.41) is 3.61. The predicted octanol–water partition coefficient (Wildman–Crippen LogP) is 3.43. The van der Waals surface area contributed by atoms with Crippen molar-refractivity contribution < 1.29 is 17.5 Å². The van der Waals surface area contributed by atoms with Gasteiger partial charge in [-0.3, -0.25) is 9.08 Å².